The molecule has 0 radical (unpaired) electrons. The van der Waals surface area contributed by atoms with E-state index >= 15 is 0 Å². The van der Waals surface area contributed by atoms with Crippen LogP contribution in [0.2, 0.25) is 0 Å². The molecule has 5 heteroatoms. The Kier molecular flexibility index (Phi) is 14.1. The van der Waals surface area contributed by atoms with E-state index in [2.05, 4.69) is 169 Å². The first-order chi connectivity index (χ1) is 33.0. The van der Waals surface area contributed by atoms with E-state index < -0.39 is 0 Å². The number of pyridine rings is 3. The van der Waals surface area contributed by atoms with E-state index in [-0.39, 0.29) is 20.1 Å². The van der Waals surface area contributed by atoms with Crippen LogP contribution in [0.15, 0.2) is 207 Å². The predicted octanol–water partition coefficient (Wildman–Crippen LogP) is 14.7. The number of nitrogens with zero attached hydrogens (tertiary/aromatic N) is 4. The van der Waals surface area contributed by atoms with Crippen molar-refractivity contribution in [3.05, 3.63) is 258 Å². The maximum absolute atomic E-state index is 9.37. The van der Waals surface area contributed by atoms with Crippen LogP contribution < -0.4 is 0 Å². The molecule has 0 saturated heterocycles. The van der Waals surface area contributed by atoms with E-state index in [4.69, 9.17) is 4.98 Å². The molecule has 3 heterocycles. The number of rotatable bonds is 13. The topological polar surface area (TPSA) is 62.5 Å². The average molecular weight is 1050 g/mol. The molecule has 0 aliphatic carbocycles. The second-order valence-corrected chi connectivity index (χ2v) is 16.9. The summed E-state index contributed by atoms with van der Waals surface area (Å²) in [5.74, 6) is 0. The van der Waals surface area contributed by atoms with E-state index in [0.717, 1.165) is 104 Å². The number of aryl methyl sites for hydroxylation is 5. The van der Waals surface area contributed by atoms with Crippen molar-refractivity contribution in [2.45, 2.75) is 32.6 Å². The van der Waals surface area contributed by atoms with Gasteiger partial charge in [-0.1, -0.05) is 145 Å². The van der Waals surface area contributed by atoms with Crippen LogP contribution in [0.3, 0.4) is 0 Å². The van der Waals surface area contributed by atoms with Crippen molar-refractivity contribution in [3.8, 4) is 84.3 Å². The van der Waals surface area contributed by atoms with Gasteiger partial charge >= 0.3 is 20.1 Å². The third-order valence-corrected chi connectivity index (χ3v) is 12.3. The minimum Gasteiger partial charge on any atom is -0.305 e. The van der Waals surface area contributed by atoms with Gasteiger partial charge in [0.25, 0.3) is 0 Å². The zero-order valence-corrected chi connectivity index (χ0v) is 40.0. The quantitative estimate of drug-likeness (QED) is 0.108. The summed E-state index contributed by atoms with van der Waals surface area (Å²) < 4.78 is 0. The van der Waals surface area contributed by atoms with Crippen molar-refractivity contribution in [2.75, 3.05) is 0 Å². The Labute approximate surface area is 413 Å². The Bertz CT molecular complexity index is 3200. The largest absolute Gasteiger partial charge is 3.00 e. The molecule has 10 rings (SSSR count). The van der Waals surface area contributed by atoms with Gasteiger partial charge < -0.3 is 15.0 Å². The predicted molar refractivity (Wildman–Crippen MR) is 272 cm³/mol. The maximum Gasteiger partial charge on any atom is 3.00 e. The number of aromatic nitrogens is 3. The zero-order chi connectivity index (χ0) is 45.4. The summed E-state index contributed by atoms with van der Waals surface area (Å²) in [6.45, 7) is 2.06. The molecular weight excluding hydrogens is 1000 g/mol. The van der Waals surface area contributed by atoms with Crippen LogP contribution >= 0.6 is 0 Å². The monoisotopic (exact) mass is 1050 g/mol. The van der Waals surface area contributed by atoms with Crippen molar-refractivity contribution in [3.63, 3.8) is 0 Å². The average Bonchev–Trinajstić information content (AvgIpc) is 3.40. The van der Waals surface area contributed by atoms with Gasteiger partial charge in [-0.25, -0.2) is 0 Å². The van der Waals surface area contributed by atoms with Gasteiger partial charge in [-0.3, -0.25) is 0 Å². The first kappa shape index (κ1) is 45.3. The molecular formula is C63H45IrN4. The number of hydrogen-bond donors (Lipinski definition) is 0. The molecule has 0 fully saturated rings. The number of benzene rings is 7. The summed E-state index contributed by atoms with van der Waals surface area (Å²) in [6, 6.07) is 78.6. The summed E-state index contributed by atoms with van der Waals surface area (Å²) >= 11 is 0. The third-order valence-electron chi connectivity index (χ3n) is 12.3. The fraction of sp³-hybridized carbons (Fsp3) is 0.0794. The Morgan fingerprint density at radius 3 is 1.47 bits per heavy atom. The first-order valence-electron chi connectivity index (χ1n) is 22.7. The zero-order valence-electron chi connectivity index (χ0n) is 37.6. The molecule has 4 nitrogen and oxygen atoms in total. The van der Waals surface area contributed by atoms with Crippen LogP contribution in [-0.4, -0.2) is 15.0 Å². The van der Waals surface area contributed by atoms with Crippen LogP contribution in [0.1, 0.15) is 33.4 Å². The minimum atomic E-state index is 0. The van der Waals surface area contributed by atoms with Crippen molar-refractivity contribution in [1.29, 1.82) is 5.26 Å². The van der Waals surface area contributed by atoms with Gasteiger partial charge in [-0.2, -0.15) is 5.26 Å². The number of nitriles is 1. The summed E-state index contributed by atoms with van der Waals surface area (Å²) in [7, 11) is 0. The summed E-state index contributed by atoms with van der Waals surface area (Å²) in [6.07, 6.45) is 9.10. The second-order valence-electron chi connectivity index (χ2n) is 16.9. The van der Waals surface area contributed by atoms with E-state index in [0.29, 0.717) is 5.56 Å². The smallest absolute Gasteiger partial charge is 0.305 e. The van der Waals surface area contributed by atoms with E-state index in [1.165, 1.54) is 27.8 Å². The van der Waals surface area contributed by atoms with Gasteiger partial charge in [0.05, 0.1) is 11.6 Å². The Hall–Kier alpha value is -7.87. The molecule has 326 valence electrons. The molecule has 68 heavy (non-hydrogen) atoms. The van der Waals surface area contributed by atoms with Crippen LogP contribution in [-0.2, 0) is 45.8 Å². The molecule has 0 aliphatic rings. The van der Waals surface area contributed by atoms with Crippen molar-refractivity contribution in [1.82, 2.24) is 15.0 Å². The van der Waals surface area contributed by atoms with Crippen LogP contribution in [0.5, 0.6) is 0 Å². The van der Waals surface area contributed by atoms with Gasteiger partial charge in [0, 0.05) is 18.6 Å². The summed E-state index contributed by atoms with van der Waals surface area (Å²) in [5, 5.41) is 9.37. The fourth-order valence-corrected chi connectivity index (χ4v) is 8.65. The van der Waals surface area contributed by atoms with Gasteiger partial charge in [0.1, 0.15) is 0 Å². The Balaban J connectivity index is 0.00000578. The minimum absolute atomic E-state index is 0. The standard InChI is InChI=1S/C63H45N4.Ir/c1-44-12-35-63(67-43-44)55-33-34-59(60(41-55)52-31-29-51(30-32-52)50-23-21-47(42-64)22-24-50)58-9-3-2-8-57(58)56-39-48(15-13-45-17-25-53(26-18-45)61-10-4-6-36-65-61)38-49(40-56)16-14-46-19-27-54(28-20-46)62-11-5-7-37-66-62;/h2-12,17-25,27,29-32,34-41,43H,13-16H2,1H3;/q-3;+3. The summed E-state index contributed by atoms with van der Waals surface area (Å²) in [4.78, 5) is 13.8. The van der Waals surface area contributed by atoms with Gasteiger partial charge in [0.2, 0.25) is 0 Å². The van der Waals surface area contributed by atoms with E-state index in [9.17, 15) is 5.26 Å². The normalized spacial score (nSPS) is 10.8. The van der Waals surface area contributed by atoms with Gasteiger partial charge in [-0.05, 0) is 106 Å². The molecule has 10 aromatic rings. The van der Waals surface area contributed by atoms with Crippen LogP contribution in [0.4, 0.5) is 0 Å². The van der Waals surface area contributed by atoms with Crippen molar-refractivity contribution < 1.29 is 20.1 Å². The second kappa shape index (κ2) is 21.2. The molecule has 3 aromatic heterocycles. The Morgan fingerprint density at radius 2 is 0.941 bits per heavy atom. The molecule has 0 unspecified atom stereocenters. The molecule has 0 N–H and O–H groups in total. The van der Waals surface area contributed by atoms with Gasteiger partial charge in [-0.15, -0.1) is 94.5 Å². The maximum atomic E-state index is 9.37. The third kappa shape index (κ3) is 10.5. The molecule has 0 saturated carbocycles. The molecule has 0 atom stereocenters. The van der Waals surface area contributed by atoms with E-state index in [1.54, 1.807) is 0 Å². The Morgan fingerprint density at radius 1 is 0.412 bits per heavy atom. The van der Waals surface area contributed by atoms with E-state index in [1.807, 2.05) is 79.3 Å². The fourth-order valence-electron chi connectivity index (χ4n) is 8.65. The van der Waals surface area contributed by atoms with Crippen LogP contribution in [0, 0.1) is 36.5 Å². The molecule has 0 aliphatic heterocycles. The van der Waals surface area contributed by atoms with Crippen molar-refractivity contribution >= 4 is 0 Å². The van der Waals surface area contributed by atoms with Gasteiger partial charge in [0.15, 0.2) is 0 Å². The number of hydrogen-bond acceptors (Lipinski definition) is 4. The SMILES string of the molecule is Cc1ccc(-c2[c-]cc(-c3ccccc3-c3cc(CCc4c[c-]c(-c5ccccn5)cc4)cc(CCc4c[c-]c(-c5ccccn5)cc4)c3)c(-c3ccc(-c4ccc(C#N)cc4)cc3)c2)nc1.[Ir+3]. The molecule has 0 bridgehead atoms. The molecule has 7 aromatic carbocycles. The first-order valence-corrected chi connectivity index (χ1v) is 22.7. The summed E-state index contributed by atoms with van der Waals surface area (Å²) in [5.41, 5.74) is 21.4. The van der Waals surface area contributed by atoms with Crippen LogP contribution in [0.25, 0.3) is 78.3 Å². The molecule has 0 spiro atoms. The van der Waals surface area contributed by atoms with Crippen molar-refractivity contribution in [2.24, 2.45) is 0 Å². The molecule has 0 amide bonds.